The van der Waals surface area contributed by atoms with E-state index < -0.39 is 0 Å². The summed E-state index contributed by atoms with van der Waals surface area (Å²) >= 11 is 0. The van der Waals surface area contributed by atoms with Crippen LogP contribution in [-0.2, 0) is 0 Å². The van der Waals surface area contributed by atoms with E-state index >= 15 is 0 Å². The Balaban J connectivity index is 1.33. The Morgan fingerprint density at radius 1 is 0.148 bits per heavy atom. The molecule has 0 nitrogen and oxygen atoms in total. The predicted molar refractivity (Wildman–Crippen MR) is 236 cm³/mol. The highest BCUT2D eigenvalue weighted by atomic mass is 14.3. The highest BCUT2D eigenvalue weighted by Gasteiger charge is 2.29. The molecule has 0 saturated carbocycles. The van der Waals surface area contributed by atoms with E-state index in [9.17, 15) is 0 Å². The van der Waals surface area contributed by atoms with Gasteiger partial charge in [0.2, 0.25) is 0 Å². The van der Waals surface area contributed by atoms with Gasteiger partial charge in [0.05, 0.1) is 0 Å². The van der Waals surface area contributed by atoms with Gasteiger partial charge in [0.25, 0.3) is 0 Å². The second-order valence-electron chi connectivity index (χ2n) is 16.2. The summed E-state index contributed by atoms with van der Waals surface area (Å²) in [6, 6.07) is 56.6. The molecule has 0 atom stereocenters. The fourth-order valence-corrected chi connectivity index (χ4v) is 12.1. The van der Waals surface area contributed by atoms with Gasteiger partial charge in [-0.3, -0.25) is 0 Å². The first-order valence-electron chi connectivity index (χ1n) is 19.2. The molecule has 0 radical (unpaired) electrons. The van der Waals surface area contributed by atoms with Gasteiger partial charge >= 0.3 is 0 Å². The number of benzene rings is 13. The molecule has 16 aromatic carbocycles. The lowest BCUT2D eigenvalue weighted by Crippen LogP contribution is -1.83. The van der Waals surface area contributed by atoms with Crippen LogP contribution in [0.1, 0.15) is 0 Å². The third-order valence-corrected chi connectivity index (χ3v) is 14.0. The van der Waals surface area contributed by atoms with Crippen molar-refractivity contribution >= 4 is 162 Å². The molecule has 0 aromatic heterocycles. The maximum absolute atomic E-state index is 2.53. The molecule has 0 spiro atoms. The van der Waals surface area contributed by atoms with Gasteiger partial charge in [-0.1, -0.05) is 127 Å². The highest BCUT2D eigenvalue weighted by molar-refractivity contribution is 6.58. The molecule has 240 valence electrons. The van der Waals surface area contributed by atoms with Crippen LogP contribution in [0.3, 0.4) is 0 Å². The predicted octanol–water partition coefficient (Wildman–Crippen LogP) is 15.6. The summed E-state index contributed by atoms with van der Waals surface area (Å²) in [6.07, 6.45) is 0. The topological polar surface area (TPSA) is 0 Å². The molecule has 54 heavy (non-hydrogen) atoms. The van der Waals surface area contributed by atoms with Gasteiger partial charge < -0.3 is 0 Å². The fourth-order valence-electron chi connectivity index (χ4n) is 12.1. The number of fused-ring (bicyclic) bond motifs is 12. The molecule has 0 bridgehead atoms. The van der Waals surface area contributed by atoms with Gasteiger partial charge in [-0.25, -0.2) is 0 Å². The van der Waals surface area contributed by atoms with Crippen molar-refractivity contribution < 1.29 is 0 Å². The molecule has 0 heteroatoms. The molecule has 0 saturated heterocycles. The van der Waals surface area contributed by atoms with Crippen molar-refractivity contribution in [1.82, 2.24) is 0 Å². The van der Waals surface area contributed by atoms with Gasteiger partial charge in [0, 0.05) is 0 Å². The smallest absolute Gasteiger partial charge is 0.000673 e. The largest absolute Gasteiger partial charge is 0.0610 e. The van der Waals surface area contributed by atoms with Crippen LogP contribution in [0.15, 0.2) is 146 Å². The zero-order chi connectivity index (χ0) is 34.3. The SMILES string of the molecule is c1cc2ccc3ccc4c5c(cc(c1)c2c35)c1c2c3ccc5ccc6cccc7cc(c3c5c67)c2c2c3ccc5ccc6cccc7cc(c3c5c67)c2c41. The molecule has 0 fully saturated rings. The molecular weight excluding hydrogens is 649 g/mol. The molecule has 0 aliphatic heterocycles. The molecule has 0 heterocycles. The van der Waals surface area contributed by atoms with E-state index in [1.54, 1.807) is 0 Å². The van der Waals surface area contributed by atoms with E-state index in [0.29, 0.717) is 0 Å². The maximum Gasteiger partial charge on any atom is -0.000673 e. The van der Waals surface area contributed by atoms with Crippen LogP contribution >= 0.6 is 0 Å². The second-order valence-corrected chi connectivity index (χ2v) is 16.2. The monoisotopic (exact) mass is 672 g/mol. The standard InChI is InChI=1S/C54H24/c1-4-25-10-13-28-16-19-34-46-37(22-31(7-1)40(25)43(28)46)52-49(34)53-39-24-33-9-3-6-27-12-15-30-18-21-36(48(39)45(30)42(27)33)51(53)54-38-23-32-8-2-5-26-11-14-29-17-20-35(50(52)54)47(38)44(29)41(26)32/h1-24H. The first-order valence-corrected chi connectivity index (χ1v) is 19.2. The van der Waals surface area contributed by atoms with Crippen LogP contribution in [-0.4, -0.2) is 0 Å². The Labute approximate surface area is 306 Å². The Morgan fingerprint density at radius 3 is 0.704 bits per heavy atom. The van der Waals surface area contributed by atoms with Crippen molar-refractivity contribution in [3.8, 4) is 0 Å². The third-order valence-electron chi connectivity index (χ3n) is 14.0. The normalized spacial score (nSPS) is 13.6. The second kappa shape index (κ2) is 8.13. The Hall–Kier alpha value is -7.02. The van der Waals surface area contributed by atoms with Crippen LogP contribution in [0.25, 0.3) is 162 Å². The number of hydrogen-bond acceptors (Lipinski definition) is 0. The van der Waals surface area contributed by atoms with Crippen LogP contribution < -0.4 is 0 Å². The number of rotatable bonds is 0. The third kappa shape index (κ3) is 2.54. The Morgan fingerprint density at radius 2 is 0.389 bits per heavy atom. The zero-order valence-corrected chi connectivity index (χ0v) is 28.9. The lowest BCUT2D eigenvalue weighted by molar-refractivity contribution is 1.83. The molecule has 16 aromatic rings. The molecule has 0 unspecified atom stereocenters. The van der Waals surface area contributed by atoms with Gasteiger partial charge in [0.15, 0.2) is 0 Å². The van der Waals surface area contributed by atoms with Gasteiger partial charge in [0.1, 0.15) is 0 Å². The minimum atomic E-state index is 1.32. The van der Waals surface area contributed by atoms with E-state index in [4.69, 9.17) is 0 Å². The van der Waals surface area contributed by atoms with Crippen LogP contribution in [0.2, 0.25) is 0 Å². The average molecular weight is 673 g/mol. The van der Waals surface area contributed by atoms with Crippen molar-refractivity contribution in [3.05, 3.63) is 146 Å². The molecule has 16 rings (SSSR count). The number of hydrogen-bond donors (Lipinski definition) is 0. The lowest BCUT2D eigenvalue weighted by Gasteiger charge is -2.11. The highest BCUT2D eigenvalue weighted by Crippen LogP contribution is 2.58. The van der Waals surface area contributed by atoms with E-state index in [0.717, 1.165) is 0 Å². The van der Waals surface area contributed by atoms with Crippen molar-refractivity contribution in [2.24, 2.45) is 0 Å². The first kappa shape index (κ1) is 25.9. The summed E-state index contributed by atoms with van der Waals surface area (Å²) in [7, 11) is 0. The van der Waals surface area contributed by atoms with E-state index in [1.807, 2.05) is 0 Å². The van der Waals surface area contributed by atoms with Crippen LogP contribution in [0.4, 0.5) is 0 Å². The molecule has 0 aliphatic rings. The summed E-state index contributed by atoms with van der Waals surface area (Å²) in [5, 5.41) is 41.4. The molecule has 0 N–H and O–H groups in total. The lowest BCUT2D eigenvalue weighted by atomic mass is 9.92. The molecular formula is C54H24. The van der Waals surface area contributed by atoms with Crippen molar-refractivity contribution in [2.75, 3.05) is 0 Å². The summed E-state index contributed by atoms with van der Waals surface area (Å²) in [5.41, 5.74) is 0. The van der Waals surface area contributed by atoms with Crippen LogP contribution in [0, 0.1) is 0 Å². The summed E-state index contributed by atoms with van der Waals surface area (Å²) in [6.45, 7) is 0. The minimum Gasteiger partial charge on any atom is -0.0610 e. The summed E-state index contributed by atoms with van der Waals surface area (Å²) in [4.78, 5) is 0. The van der Waals surface area contributed by atoms with Crippen molar-refractivity contribution in [3.63, 3.8) is 0 Å². The van der Waals surface area contributed by atoms with E-state index in [1.165, 1.54) is 162 Å². The van der Waals surface area contributed by atoms with Crippen molar-refractivity contribution in [1.29, 1.82) is 0 Å². The Kier molecular flexibility index (Phi) is 3.89. The summed E-state index contributed by atoms with van der Waals surface area (Å²) in [5.74, 6) is 0. The van der Waals surface area contributed by atoms with E-state index in [-0.39, 0.29) is 0 Å². The fraction of sp³-hybridized carbons (Fsp3) is 0. The van der Waals surface area contributed by atoms with Gasteiger partial charge in [-0.15, -0.1) is 0 Å². The molecule has 0 aliphatic carbocycles. The zero-order valence-electron chi connectivity index (χ0n) is 28.9. The summed E-state index contributed by atoms with van der Waals surface area (Å²) < 4.78 is 0. The Bertz CT molecular complexity index is 3860. The maximum atomic E-state index is 2.53. The van der Waals surface area contributed by atoms with E-state index in [2.05, 4.69) is 146 Å². The average Bonchev–Trinajstić information content (AvgIpc) is 3.85. The molecule has 0 amide bonds. The van der Waals surface area contributed by atoms with Gasteiger partial charge in [-0.05, 0) is 180 Å². The van der Waals surface area contributed by atoms with Crippen molar-refractivity contribution in [2.45, 2.75) is 0 Å². The minimum absolute atomic E-state index is 1.32. The quantitative estimate of drug-likeness (QED) is 0.141. The van der Waals surface area contributed by atoms with Crippen LogP contribution in [0.5, 0.6) is 0 Å². The van der Waals surface area contributed by atoms with Gasteiger partial charge in [-0.2, -0.15) is 0 Å². The first-order chi connectivity index (χ1) is 26.8.